The Morgan fingerprint density at radius 2 is 1.50 bits per heavy atom. The molecule has 0 aliphatic heterocycles. The van der Waals surface area contributed by atoms with Crippen LogP contribution in [0, 0.1) is 0 Å². The fourth-order valence-corrected chi connectivity index (χ4v) is 5.77. The Morgan fingerprint density at radius 1 is 0.795 bits per heavy atom. The van der Waals surface area contributed by atoms with Gasteiger partial charge in [0, 0.05) is 32.2 Å². The number of carbonyl (C=O) groups excluding carboxylic acids is 3. The molecule has 8 heteroatoms. The summed E-state index contributed by atoms with van der Waals surface area (Å²) in [5.74, 6) is -1.04. The van der Waals surface area contributed by atoms with Crippen LogP contribution in [-0.4, -0.2) is 23.0 Å². The molecule has 0 spiro atoms. The van der Waals surface area contributed by atoms with Gasteiger partial charge in [-0.3, -0.25) is 14.4 Å². The molecule has 0 saturated heterocycles. The van der Waals surface area contributed by atoms with E-state index in [2.05, 4.69) is 16.0 Å². The van der Waals surface area contributed by atoms with E-state index in [4.69, 9.17) is 11.6 Å². The molecule has 6 nitrogen and oxygen atoms in total. The molecular weight excluding hydrogens is 590 g/mol. The van der Waals surface area contributed by atoms with Crippen LogP contribution in [0.15, 0.2) is 132 Å². The zero-order chi connectivity index (χ0) is 30.9. The van der Waals surface area contributed by atoms with Gasteiger partial charge in [0.25, 0.3) is 11.8 Å². The largest absolute Gasteiger partial charge is 0.325 e. The Morgan fingerprint density at radius 3 is 2.30 bits per heavy atom. The fraction of sp³-hybridized carbons (Fsp3) is 0.0833. The minimum atomic E-state index is -0.517. The van der Waals surface area contributed by atoms with Gasteiger partial charge in [-0.25, -0.2) is 0 Å². The summed E-state index contributed by atoms with van der Waals surface area (Å²) in [5, 5.41) is 10.8. The van der Waals surface area contributed by atoms with Gasteiger partial charge in [0.15, 0.2) is 0 Å². The Balaban J connectivity index is 1.32. The topological polar surface area (TPSA) is 87.3 Å². The molecule has 0 aliphatic carbocycles. The number of halogens is 1. The molecule has 220 valence electrons. The average Bonchev–Trinajstić information content (AvgIpc) is 3.05. The highest BCUT2D eigenvalue weighted by Crippen LogP contribution is 2.30. The van der Waals surface area contributed by atoms with Crippen molar-refractivity contribution in [2.75, 3.05) is 10.6 Å². The lowest BCUT2D eigenvalue weighted by atomic mass is 10.1. The fourth-order valence-electron chi connectivity index (χ4n) is 4.57. The van der Waals surface area contributed by atoms with Crippen LogP contribution in [-0.2, 0) is 9.59 Å². The van der Waals surface area contributed by atoms with E-state index in [0.29, 0.717) is 28.3 Å². The molecule has 3 amide bonds. The molecule has 44 heavy (non-hydrogen) atoms. The van der Waals surface area contributed by atoms with Crippen LogP contribution >= 0.6 is 23.4 Å². The zero-order valence-electron chi connectivity index (χ0n) is 23.9. The number of anilines is 2. The highest BCUT2D eigenvalue weighted by Gasteiger charge is 2.20. The first-order chi connectivity index (χ1) is 21.4. The van der Waals surface area contributed by atoms with Gasteiger partial charge in [-0.05, 0) is 65.9 Å². The number of benzene rings is 5. The van der Waals surface area contributed by atoms with Crippen molar-refractivity contribution in [3.8, 4) is 0 Å². The van der Waals surface area contributed by atoms with Gasteiger partial charge >= 0.3 is 0 Å². The summed E-state index contributed by atoms with van der Waals surface area (Å²) in [6, 6.07) is 36.7. The van der Waals surface area contributed by atoms with E-state index in [1.165, 1.54) is 11.8 Å². The van der Waals surface area contributed by atoms with Crippen LogP contribution in [0.5, 0.6) is 0 Å². The monoisotopic (exact) mass is 619 g/mol. The number of amides is 3. The molecule has 0 heterocycles. The number of hydrogen-bond acceptors (Lipinski definition) is 4. The summed E-state index contributed by atoms with van der Waals surface area (Å²) in [4.78, 5) is 40.6. The van der Waals surface area contributed by atoms with Crippen molar-refractivity contribution < 1.29 is 14.4 Å². The first-order valence-corrected chi connectivity index (χ1v) is 15.4. The van der Waals surface area contributed by atoms with Gasteiger partial charge in [-0.1, -0.05) is 97.4 Å². The smallest absolute Gasteiger partial charge is 0.272 e. The van der Waals surface area contributed by atoms with E-state index >= 15 is 0 Å². The van der Waals surface area contributed by atoms with Crippen molar-refractivity contribution in [2.45, 2.75) is 23.5 Å². The molecule has 5 aromatic carbocycles. The quantitative estimate of drug-likeness (QED) is 0.108. The van der Waals surface area contributed by atoms with Crippen molar-refractivity contribution in [3.05, 3.63) is 143 Å². The number of carbonyl (C=O) groups is 3. The molecule has 0 bridgehead atoms. The minimum absolute atomic E-state index is 0.0332. The van der Waals surface area contributed by atoms with Crippen molar-refractivity contribution in [1.82, 2.24) is 5.32 Å². The van der Waals surface area contributed by atoms with Crippen LogP contribution in [0.25, 0.3) is 16.8 Å². The molecule has 5 aromatic rings. The second-order valence-electron chi connectivity index (χ2n) is 9.91. The van der Waals surface area contributed by atoms with Gasteiger partial charge in [0.05, 0.1) is 5.25 Å². The molecule has 1 atom stereocenters. The van der Waals surface area contributed by atoms with Gasteiger partial charge < -0.3 is 16.0 Å². The number of nitrogens with one attached hydrogen (secondary N) is 3. The van der Waals surface area contributed by atoms with E-state index in [0.717, 1.165) is 21.4 Å². The molecule has 1 unspecified atom stereocenters. The Hall–Kier alpha value is -4.85. The van der Waals surface area contributed by atoms with Gasteiger partial charge in [-0.2, -0.15) is 0 Å². The molecule has 0 aromatic heterocycles. The summed E-state index contributed by atoms with van der Waals surface area (Å²) >= 11 is 7.77. The summed E-state index contributed by atoms with van der Waals surface area (Å²) in [5.41, 5.74) is 2.31. The van der Waals surface area contributed by atoms with Gasteiger partial charge in [-0.15, -0.1) is 11.8 Å². The number of thioether (sulfide) groups is 1. The maximum atomic E-state index is 13.5. The molecular formula is C36H30ClN3O3S. The molecule has 0 fully saturated rings. The summed E-state index contributed by atoms with van der Waals surface area (Å²) in [6.45, 7) is 1.97. The summed E-state index contributed by atoms with van der Waals surface area (Å²) < 4.78 is 0. The van der Waals surface area contributed by atoms with Crippen LogP contribution in [0.4, 0.5) is 11.4 Å². The van der Waals surface area contributed by atoms with Crippen LogP contribution < -0.4 is 16.0 Å². The highest BCUT2D eigenvalue weighted by atomic mass is 35.5. The van der Waals surface area contributed by atoms with E-state index in [9.17, 15) is 14.4 Å². The molecule has 5 rings (SSSR count). The SMILES string of the molecule is CCC(Sc1cccc(NC(=O)/C(=C\c2ccccc2Cl)NC(=O)c2ccccc2)c1)C(=O)Nc1cccc2ccccc12. The van der Waals surface area contributed by atoms with Crippen molar-refractivity contribution >= 4 is 69.3 Å². The lowest BCUT2D eigenvalue weighted by Crippen LogP contribution is -2.30. The minimum Gasteiger partial charge on any atom is -0.325 e. The van der Waals surface area contributed by atoms with Gasteiger partial charge in [0.2, 0.25) is 5.91 Å². The van der Waals surface area contributed by atoms with Crippen LogP contribution in [0.1, 0.15) is 29.3 Å². The van der Waals surface area contributed by atoms with Gasteiger partial charge in [0.1, 0.15) is 5.70 Å². The first-order valence-electron chi connectivity index (χ1n) is 14.1. The maximum Gasteiger partial charge on any atom is 0.272 e. The van der Waals surface area contributed by atoms with E-state index in [1.54, 1.807) is 60.7 Å². The van der Waals surface area contributed by atoms with E-state index in [1.807, 2.05) is 73.7 Å². The number of fused-ring (bicyclic) bond motifs is 1. The second kappa shape index (κ2) is 14.6. The van der Waals surface area contributed by atoms with E-state index in [-0.39, 0.29) is 16.9 Å². The Kier molecular flexibility index (Phi) is 10.1. The zero-order valence-corrected chi connectivity index (χ0v) is 25.5. The third kappa shape index (κ3) is 7.75. The maximum absolute atomic E-state index is 13.5. The summed E-state index contributed by atoms with van der Waals surface area (Å²) in [6.07, 6.45) is 2.15. The third-order valence-electron chi connectivity index (χ3n) is 6.81. The standard InChI is InChI=1S/C36H30ClN3O3S/c1-2-33(36(43)39-31-21-10-16-24-12-6-8-19-29(24)31)44-28-18-11-17-27(23-28)38-35(42)32(22-26-15-7-9-20-30(26)37)40-34(41)25-13-4-3-5-14-25/h3-23,33H,2H2,1H3,(H,38,42)(H,39,43)(H,40,41)/b32-22+. The molecule has 0 saturated carbocycles. The molecule has 0 radical (unpaired) electrons. The molecule has 3 N–H and O–H groups in total. The van der Waals surface area contributed by atoms with Crippen molar-refractivity contribution in [3.63, 3.8) is 0 Å². The first kappa shape index (κ1) is 30.6. The highest BCUT2D eigenvalue weighted by molar-refractivity contribution is 8.00. The van der Waals surface area contributed by atoms with Crippen molar-refractivity contribution in [1.29, 1.82) is 0 Å². The second-order valence-corrected chi connectivity index (χ2v) is 11.6. The van der Waals surface area contributed by atoms with Crippen molar-refractivity contribution in [2.24, 2.45) is 0 Å². The lowest BCUT2D eigenvalue weighted by molar-refractivity contribution is -0.116. The predicted molar refractivity (Wildman–Crippen MR) is 181 cm³/mol. The normalized spacial score (nSPS) is 11.9. The Bertz CT molecular complexity index is 1840. The number of rotatable bonds is 10. The average molecular weight is 620 g/mol. The lowest BCUT2D eigenvalue weighted by Gasteiger charge is -2.17. The Labute approximate surface area is 265 Å². The predicted octanol–water partition coefficient (Wildman–Crippen LogP) is 8.41. The van der Waals surface area contributed by atoms with E-state index < -0.39 is 11.8 Å². The van der Waals surface area contributed by atoms with Crippen LogP contribution in [0.3, 0.4) is 0 Å². The summed E-state index contributed by atoms with van der Waals surface area (Å²) in [7, 11) is 0. The third-order valence-corrected chi connectivity index (χ3v) is 8.52. The number of hydrogen-bond donors (Lipinski definition) is 3. The van der Waals surface area contributed by atoms with Crippen LogP contribution in [0.2, 0.25) is 5.02 Å². The molecule has 0 aliphatic rings.